The number of rotatable bonds is 6. The molecule has 0 N–H and O–H groups in total. The van der Waals surface area contributed by atoms with Gasteiger partial charge in [-0.3, -0.25) is 0 Å². The fraction of sp³-hybridized carbons (Fsp3) is 0.412. The van der Waals surface area contributed by atoms with E-state index in [2.05, 4.69) is 61.5 Å². The molecule has 1 rings (SSSR count). The number of hydrogen-bond acceptors (Lipinski definition) is 0. The highest BCUT2D eigenvalue weighted by atomic mass is 28.3. The average Bonchev–Trinajstić information content (AvgIpc) is 2.34. The first kappa shape index (κ1) is 14.8. The van der Waals surface area contributed by atoms with Crippen LogP contribution in [0.5, 0.6) is 0 Å². The van der Waals surface area contributed by atoms with Crippen molar-refractivity contribution in [3.05, 3.63) is 48.6 Å². The lowest BCUT2D eigenvalue weighted by Crippen LogP contribution is -2.27. The van der Waals surface area contributed by atoms with E-state index in [1.54, 1.807) is 0 Å². The lowest BCUT2D eigenvalue weighted by molar-refractivity contribution is 0.773. The minimum Gasteiger partial charge on any atom is -0.131 e. The van der Waals surface area contributed by atoms with Gasteiger partial charge in [0.25, 0.3) is 0 Å². The Morgan fingerprint density at radius 3 is 2.56 bits per heavy atom. The lowest BCUT2D eigenvalue weighted by Gasteiger charge is -2.14. The van der Waals surface area contributed by atoms with Gasteiger partial charge in [-0.05, 0) is 30.9 Å². The molecular formula is C17H24Si. The first-order valence-corrected chi connectivity index (χ1v) is 9.99. The van der Waals surface area contributed by atoms with Gasteiger partial charge in [-0.15, -0.1) is 18.0 Å². The van der Waals surface area contributed by atoms with Crippen LogP contribution < -0.4 is 0 Å². The standard InChI is InChI=1S/C17H24Si/c1-4-5-6-7-8-12-15-18(2,3)16-17-13-10-9-11-14-17/h4,9-11,13-14H,1,5-8,16H2,2-3H3. The third-order valence-corrected chi connectivity index (χ3v) is 5.02. The van der Waals surface area contributed by atoms with Crippen molar-refractivity contribution in [2.45, 2.75) is 44.8 Å². The second-order valence-corrected chi connectivity index (χ2v) is 9.75. The summed E-state index contributed by atoms with van der Waals surface area (Å²) in [6.07, 6.45) is 6.57. The van der Waals surface area contributed by atoms with Crippen molar-refractivity contribution in [2.75, 3.05) is 0 Å². The van der Waals surface area contributed by atoms with Gasteiger partial charge in [0.15, 0.2) is 0 Å². The molecule has 0 saturated carbocycles. The quantitative estimate of drug-likeness (QED) is 0.298. The van der Waals surface area contributed by atoms with Crippen molar-refractivity contribution in [1.82, 2.24) is 0 Å². The number of benzene rings is 1. The van der Waals surface area contributed by atoms with E-state index >= 15 is 0 Å². The van der Waals surface area contributed by atoms with Gasteiger partial charge in [0.2, 0.25) is 0 Å². The van der Waals surface area contributed by atoms with Crippen LogP contribution in [0.4, 0.5) is 0 Å². The molecule has 0 unspecified atom stereocenters. The molecule has 0 aliphatic heterocycles. The van der Waals surface area contributed by atoms with Crippen molar-refractivity contribution >= 4 is 8.07 Å². The molecule has 1 aromatic rings. The van der Waals surface area contributed by atoms with Crippen molar-refractivity contribution in [3.8, 4) is 11.5 Å². The first-order valence-electron chi connectivity index (χ1n) is 6.79. The second kappa shape index (κ2) is 7.95. The monoisotopic (exact) mass is 256 g/mol. The molecule has 1 heteroatoms. The summed E-state index contributed by atoms with van der Waals surface area (Å²) in [5, 5.41) is 0. The number of unbranched alkanes of at least 4 members (excludes halogenated alkanes) is 3. The Balaban J connectivity index is 2.39. The summed E-state index contributed by atoms with van der Waals surface area (Å²) >= 11 is 0. The lowest BCUT2D eigenvalue weighted by atomic mass is 10.2. The Morgan fingerprint density at radius 2 is 1.89 bits per heavy atom. The molecule has 0 amide bonds. The van der Waals surface area contributed by atoms with Gasteiger partial charge in [-0.1, -0.05) is 49.5 Å². The highest BCUT2D eigenvalue weighted by Gasteiger charge is 2.18. The highest BCUT2D eigenvalue weighted by Crippen LogP contribution is 2.11. The predicted octanol–water partition coefficient (Wildman–Crippen LogP) is 4.77. The molecule has 0 aliphatic carbocycles. The molecule has 1 aromatic carbocycles. The zero-order valence-corrected chi connectivity index (χ0v) is 12.7. The maximum absolute atomic E-state index is 3.74. The molecule has 0 fully saturated rings. The normalized spacial score (nSPS) is 10.6. The molecule has 0 nitrogen and oxygen atoms in total. The zero-order valence-electron chi connectivity index (χ0n) is 11.7. The molecular weight excluding hydrogens is 232 g/mol. The van der Waals surface area contributed by atoms with Gasteiger partial charge < -0.3 is 0 Å². The van der Waals surface area contributed by atoms with Crippen molar-refractivity contribution in [1.29, 1.82) is 0 Å². The van der Waals surface area contributed by atoms with Gasteiger partial charge in [0.05, 0.1) is 0 Å². The van der Waals surface area contributed by atoms with E-state index in [-0.39, 0.29) is 0 Å². The molecule has 18 heavy (non-hydrogen) atoms. The SMILES string of the molecule is C=CCCCCC#C[Si](C)(C)Cc1ccccc1. The summed E-state index contributed by atoms with van der Waals surface area (Å²) in [6, 6.07) is 11.9. The summed E-state index contributed by atoms with van der Waals surface area (Å²) < 4.78 is 0. The molecule has 0 spiro atoms. The fourth-order valence-electron chi connectivity index (χ4n) is 1.95. The maximum atomic E-state index is 3.74. The summed E-state index contributed by atoms with van der Waals surface area (Å²) in [5.74, 6) is 3.38. The van der Waals surface area contributed by atoms with E-state index in [1.165, 1.54) is 18.4 Å². The second-order valence-electron chi connectivity index (χ2n) is 5.38. The van der Waals surface area contributed by atoms with Crippen LogP contribution in [0.15, 0.2) is 43.0 Å². The summed E-state index contributed by atoms with van der Waals surface area (Å²) in [6.45, 7) is 8.45. The van der Waals surface area contributed by atoms with E-state index in [1.807, 2.05) is 6.08 Å². The number of hydrogen-bond donors (Lipinski definition) is 0. The topological polar surface area (TPSA) is 0 Å². The fourth-order valence-corrected chi connectivity index (χ4v) is 3.90. The Hall–Kier alpha value is -1.26. The minimum atomic E-state index is -1.39. The predicted molar refractivity (Wildman–Crippen MR) is 84.1 cm³/mol. The molecule has 0 saturated heterocycles. The van der Waals surface area contributed by atoms with Crippen molar-refractivity contribution in [2.24, 2.45) is 0 Å². The van der Waals surface area contributed by atoms with E-state index in [0.29, 0.717) is 0 Å². The van der Waals surface area contributed by atoms with Crippen LogP contribution in [0.2, 0.25) is 13.1 Å². The molecule has 0 radical (unpaired) electrons. The van der Waals surface area contributed by atoms with Gasteiger partial charge in [-0.25, -0.2) is 0 Å². The maximum Gasteiger partial charge on any atom is 0.136 e. The Morgan fingerprint density at radius 1 is 1.17 bits per heavy atom. The first-order chi connectivity index (χ1) is 8.64. The van der Waals surface area contributed by atoms with E-state index in [9.17, 15) is 0 Å². The molecule has 0 aliphatic rings. The zero-order chi connectivity index (χ0) is 13.3. The van der Waals surface area contributed by atoms with Crippen LogP contribution in [0, 0.1) is 11.5 Å². The highest BCUT2D eigenvalue weighted by molar-refractivity contribution is 6.84. The number of allylic oxidation sites excluding steroid dienone is 1. The third-order valence-electron chi connectivity index (χ3n) is 2.88. The van der Waals surface area contributed by atoms with E-state index in [4.69, 9.17) is 0 Å². The molecule has 0 bridgehead atoms. The van der Waals surface area contributed by atoms with Crippen LogP contribution in [0.3, 0.4) is 0 Å². The average molecular weight is 256 g/mol. The van der Waals surface area contributed by atoms with Gasteiger partial charge >= 0.3 is 0 Å². The minimum absolute atomic E-state index is 1.04. The van der Waals surface area contributed by atoms with E-state index in [0.717, 1.165) is 18.9 Å². The summed E-state index contributed by atoms with van der Waals surface area (Å²) in [4.78, 5) is 0. The largest absolute Gasteiger partial charge is 0.136 e. The summed E-state index contributed by atoms with van der Waals surface area (Å²) in [5.41, 5.74) is 4.97. The Labute approximate surface area is 113 Å². The third kappa shape index (κ3) is 6.47. The van der Waals surface area contributed by atoms with Gasteiger partial charge in [-0.2, -0.15) is 0 Å². The summed E-state index contributed by atoms with van der Waals surface area (Å²) in [7, 11) is -1.39. The van der Waals surface area contributed by atoms with Crippen LogP contribution in [-0.4, -0.2) is 8.07 Å². The Bertz CT molecular complexity index is 406. The van der Waals surface area contributed by atoms with Crippen LogP contribution >= 0.6 is 0 Å². The van der Waals surface area contributed by atoms with Gasteiger partial charge in [0.1, 0.15) is 8.07 Å². The molecule has 0 aromatic heterocycles. The van der Waals surface area contributed by atoms with Gasteiger partial charge in [0, 0.05) is 6.42 Å². The van der Waals surface area contributed by atoms with Crippen LogP contribution in [0.1, 0.15) is 31.2 Å². The Kier molecular flexibility index (Phi) is 6.53. The molecule has 0 atom stereocenters. The van der Waals surface area contributed by atoms with Crippen LogP contribution in [-0.2, 0) is 6.04 Å². The van der Waals surface area contributed by atoms with Crippen molar-refractivity contribution in [3.63, 3.8) is 0 Å². The smallest absolute Gasteiger partial charge is 0.131 e. The molecule has 96 valence electrons. The van der Waals surface area contributed by atoms with Crippen LogP contribution in [0.25, 0.3) is 0 Å². The molecule has 0 heterocycles. The van der Waals surface area contributed by atoms with E-state index < -0.39 is 8.07 Å². The van der Waals surface area contributed by atoms with Crippen molar-refractivity contribution < 1.29 is 0 Å².